The first kappa shape index (κ1) is 12.5. The second-order valence-corrected chi connectivity index (χ2v) is 4.23. The molecule has 0 saturated carbocycles. The summed E-state index contributed by atoms with van der Waals surface area (Å²) < 4.78 is 5.18. The molecule has 0 fully saturated rings. The van der Waals surface area contributed by atoms with Crippen LogP contribution in [0.15, 0.2) is 48.5 Å². The molecule has 0 unspecified atom stereocenters. The van der Waals surface area contributed by atoms with Crippen molar-refractivity contribution in [1.29, 1.82) is 0 Å². The Labute approximate surface area is 110 Å². The highest BCUT2D eigenvalue weighted by Gasteiger charge is 2.08. The third kappa shape index (κ3) is 3.25. The van der Waals surface area contributed by atoms with E-state index in [1.165, 1.54) is 0 Å². The molecule has 2 aromatic carbocycles. The van der Waals surface area contributed by atoms with Crippen LogP contribution in [0.1, 0.15) is 5.56 Å². The summed E-state index contributed by atoms with van der Waals surface area (Å²) in [5.74, 6) is 0.00164. The average molecular weight is 262 g/mol. The van der Waals surface area contributed by atoms with Crippen LogP contribution < -0.4 is 10.5 Å². The van der Waals surface area contributed by atoms with E-state index in [0.29, 0.717) is 16.5 Å². The largest absolute Gasteiger partial charge is 0.425 e. The highest BCUT2D eigenvalue weighted by molar-refractivity contribution is 6.32. The molecule has 0 aromatic heterocycles. The average Bonchev–Trinajstić information content (AvgIpc) is 2.32. The van der Waals surface area contributed by atoms with E-state index in [2.05, 4.69) is 0 Å². The van der Waals surface area contributed by atoms with Crippen molar-refractivity contribution in [2.75, 3.05) is 5.73 Å². The summed E-state index contributed by atoms with van der Waals surface area (Å²) >= 11 is 5.90. The number of nitrogen functional groups attached to an aromatic ring is 1. The Morgan fingerprint density at radius 1 is 1.17 bits per heavy atom. The maximum Gasteiger partial charge on any atom is 0.315 e. The molecule has 0 spiro atoms. The number of anilines is 1. The van der Waals surface area contributed by atoms with Crippen molar-refractivity contribution in [3.05, 3.63) is 59.1 Å². The molecule has 0 radical (unpaired) electrons. The zero-order valence-corrected chi connectivity index (χ0v) is 10.4. The zero-order chi connectivity index (χ0) is 13.0. The molecule has 0 atom stereocenters. The van der Waals surface area contributed by atoms with Crippen molar-refractivity contribution in [2.24, 2.45) is 0 Å². The van der Waals surface area contributed by atoms with Crippen LogP contribution in [-0.4, -0.2) is 5.97 Å². The first-order valence-electron chi connectivity index (χ1n) is 5.45. The van der Waals surface area contributed by atoms with Gasteiger partial charge in [0.1, 0.15) is 5.75 Å². The van der Waals surface area contributed by atoms with Gasteiger partial charge in [-0.2, -0.15) is 0 Å². The van der Waals surface area contributed by atoms with Crippen molar-refractivity contribution < 1.29 is 9.53 Å². The maximum absolute atomic E-state index is 11.7. The predicted octanol–water partition coefficient (Wildman–Crippen LogP) is 3.07. The van der Waals surface area contributed by atoms with E-state index in [1.807, 2.05) is 6.07 Å². The molecule has 0 aliphatic rings. The van der Waals surface area contributed by atoms with Crippen molar-refractivity contribution in [3.63, 3.8) is 0 Å². The van der Waals surface area contributed by atoms with Crippen LogP contribution in [0.3, 0.4) is 0 Å². The van der Waals surface area contributed by atoms with E-state index in [0.717, 1.165) is 5.56 Å². The molecule has 4 heteroatoms. The van der Waals surface area contributed by atoms with Gasteiger partial charge in [-0.25, -0.2) is 0 Å². The molecule has 0 amide bonds. The molecule has 3 nitrogen and oxygen atoms in total. The van der Waals surface area contributed by atoms with Gasteiger partial charge in [-0.05, 0) is 29.8 Å². The Morgan fingerprint density at radius 2 is 1.94 bits per heavy atom. The maximum atomic E-state index is 11.7. The third-order valence-corrected chi connectivity index (χ3v) is 2.67. The van der Waals surface area contributed by atoms with Crippen LogP contribution in [0, 0.1) is 0 Å². The summed E-state index contributed by atoms with van der Waals surface area (Å²) in [5, 5.41) is 0.415. The Balaban J connectivity index is 2.03. The molecule has 0 saturated heterocycles. The van der Waals surface area contributed by atoms with Crippen LogP contribution in [0.2, 0.25) is 5.02 Å². The van der Waals surface area contributed by atoms with E-state index >= 15 is 0 Å². The molecular formula is C14H12ClNO2. The van der Waals surface area contributed by atoms with Gasteiger partial charge in [0.15, 0.2) is 0 Å². The number of hydrogen-bond donors (Lipinski definition) is 1. The van der Waals surface area contributed by atoms with Gasteiger partial charge in [-0.15, -0.1) is 0 Å². The van der Waals surface area contributed by atoms with E-state index in [-0.39, 0.29) is 12.4 Å². The predicted molar refractivity (Wildman–Crippen MR) is 71.6 cm³/mol. The molecule has 2 aromatic rings. The number of benzene rings is 2. The highest BCUT2D eigenvalue weighted by Crippen LogP contribution is 2.23. The van der Waals surface area contributed by atoms with Gasteiger partial charge in [-0.1, -0.05) is 35.9 Å². The highest BCUT2D eigenvalue weighted by atomic mass is 35.5. The van der Waals surface area contributed by atoms with Crippen molar-refractivity contribution >= 4 is 23.3 Å². The zero-order valence-electron chi connectivity index (χ0n) is 9.60. The molecule has 92 valence electrons. The minimum absolute atomic E-state index is 0.163. The minimum Gasteiger partial charge on any atom is -0.425 e. The smallest absolute Gasteiger partial charge is 0.315 e. The fraction of sp³-hybridized carbons (Fsp3) is 0.0714. The SMILES string of the molecule is Nc1cccc(CC(=O)Oc2ccccc2Cl)c1. The van der Waals surface area contributed by atoms with Crippen LogP contribution >= 0.6 is 11.6 Å². The second-order valence-electron chi connectivity index (χ2n) is 3.83. The third-order valence-electron chi connectivity index (χ3n) is 2.36. The molecule has 2 rings (SSSR count). The van der Waals surface area contributed by atoms with Crippen LogP contribution in [0.25, 0.3) is 0 Å². The standard InChI is InChI=1S/C14H12ClNO2/c15-12-6-1-2-7-13(12)18-14(17)9-10-4-3-5-11(16)8-10/h1-8H,9,16H2. The van der Waals surface area contributed by atoms with Gasteiger partial charge in [0.2, 0.25) is 0 Å². The number of ether oxygens (including phenoxy) is 1. The summed E-state index contributed by atoms with van der Waals surface area (Å²) in [6, 6.07) is 14.0. The molecule has 2 N–H and O–H groups in total. The second kappa shape index (κ2) is 5.56. The number of nitrogens with two attached hydrogens (primary N) is 1. The molecule has 0 aliphatic carbocycles. The molecule has 18 heavy (non-hydrogen) atoms. The first-order valence-corrected chi connectivity index (χ1v) is 5.82. The quantitative estimate of drug-likeness (QED) is 0.525. The fourth-order valence-electron chi connectivity index (χ4n) is 1.56. The molecule has 0 bridgehead atoms. The Kier molecular flexibility index (Phi) is 3.85. The molecule has 0 aliphatic heterocycles. The lowest BCUT2D eigenvalue weighted by atomic mass is 10.1. The summed E-state index contributed by atoms with van der Waals surface area (Å²) in [6.45, 7) is 0. The van der Waals surface area contributed by atoms with Gasteiger partial charge in [-0.3, -0.25) is 4.79 Å². The topological polar surface area (TPSA) is 52.3 Å². The summed E-state index contributed by atoms with van der Waals surface area (Å²) in [5.41, 5.74) is 7.07. The number of halogens is 1. The van der Waals surface area contributed by atoms with E-state index in [4.69, 9.17) is 22.1 Å². The number of carbonyl (C=O) groups is 1. The Hall–Kier alpha value is -2.00. The van der Waals surface area contributed by atoms with E-state index in [9.17, 15) is 4.79 Å². The number of hydrogen-bond acceptors (Lipinski definition) is 3. The van der Waals surface area contributed by atoms with Gasteiger partial charge >= 0.3 is 5.97 Å². The van der Waals surface area contributed by atoms with Gasteiger partial charge in [0.25, 0.3) is 0 Å². The summed E-state index contributed by atoms with van der Waals surface area (Å²) in [7, 11) is 0. The van der Waals surface area contributed by atoms with E-state index < -0.39 is 0 Å². The summed E-state index contributed by atoms with van der Waals surface area (Å²) in [6.07, 6.45) is 0.163. The van der Waals surface area contributed by atoms with Crippen molar-refractivity contribution in [1.82, 2.24) is 0 Å². The first-order chi connectivity index (χ1) is 8.65. The van der Waals surface area contributed by atoms with Crippen molar-refractivity contribution in [2.45, 2.75) is 6.42 Å². The molecular weight excluding hydrogens is 250 g/mol. The fourth-order valence-corrected chi connectivity index (χ4v) is 1.73. The van der Waals surface area contributed by atoms with E-state index in [1.54, 1.807) is 42.5 Å². The molecule has 0 heterocycles. The number of esters is 1. The Bertz CT molecular complexity index is 569. The van der Waals surface area contributed by atoms with Gasteiger partial charge < -0.3 is 10.5 Å². The lowest BCUT2D eigenvalue weighted by Gasteiger charge is -2.06. The lowest BCUT2D eigenvalue weighted by Crippen LogP contribution is -2.11. The van der Waals surface area contributed by atoms with Crippen molar-refractivity contribution in [3.8, 4) is 5.75 Å². The van der Waals surface area contributed by atoms with Gasteiger partial charge in [0, 0.05) is 5.69 Å². The minimum atomic E-state index is -0.367. The number of para-hydroxylation sites is 1. The van der Waals surface area contributed by atoms with Crippen LogP contribution in [0.4, 0.5) is 5.69 Å². The lowest BCUT2D eigenvalue weighted by molar-refractivity contribution is -0.133. The van der Waals surface area contributed by atoms with Crippen LogP contribution in [0.5, 0.6) is 5.75 Å². The monoisotopic (exact) mass is 261 g/mol. The van der Waals surface area contributed by atoms with Gasteiger partial charge in [0.05, 0.1) is 11.4 Å². The Morgan fingerprint density at radius 3 is 2.67 bits per heavy atom. The number of carbonyl (C=O) groups excluding carboxylic acids is 1. The number of rotatable bonds is 3. The normalized spacial score (nSPS) is 10.1. The van der Waals surface area contributed by atoms with Crippen LogP contribution in [-0.2, 0) is 11.2 Å². The summed E-state index contributed by atoms with van der Waals surface area (Å²) in [4.78, 5) is 11.7.